The smallest absolute Gasteiger partial charge is 0.331 e. The Kier molecular flexibility index (Phi) is 10.5. The van der Waals surface area contributed by atoms with Crippen molar-refractivity contribution >= 4 is 43.1 Å². The lowest BCUT2D eigenvalue weighted by Gasteiger charge is -2.13. The summed E-state index contributed by atoms with van der Waals surface area (Å²) < 4.78 is 37.2. The third kappa shape index (κ3) is 8.99. The van der Waals surface area contributed by atoms with Gasteiger partial charge in [0.25, 0.3) is 0 Å². The van der Waals surface area contributed by atoms with E-state index in [1.54, 1.807) is 18.2 Å². The van der Waals surface area contributed by atoms with Crippen molar-refractivity contribution in [3.63, 3.8) is 0 Å². The van der Waals surface area contributed by atoms with Gasteiger partial charge in [-0.2, -0.15) is 0 Å². The molecule has 13 heteroatoms. The molecule has 0 aliphatic heterocycles. The molecule has 0 bridgehead atoms. The molecular weight excluding hydrogens is 833 g/mol. The van der Waals surface area contributed by atoms with Crippen LogP contribution in [0.15, 0.2) is 188 Å². The number of fused-ring (bicyclic) bond motifs is 4. The Bertz CT molecular complexity index is 3160. The van der Waals surface area contributed by atoms with Crippen molar-refractivity contribution in [3.8, 4) is 70.6 Å². The maximum absolute atomic E-state index is 10.4. The molecule has 0 aliphatic rings. The maximum Gasteiger partial charge on any atom is 0.331 e. The minimum Gasteiger partial charge on any atom is -0.424 e. The van der Waals surface area contributed by atoms with Crippen LogP contribution < -0.4 is 28.4 Å². The van der Waals surface area contributed by atoms with Crippen molar-refractivity contribution in [2.45, 2.75) is 6.61 Å². The summed E-state index contributed by atoms with van der Waals surface area (Å²) in [6.45, 7) is -0.360. The van der Waals surface area contributed by atoms with Crippen molar-refractivity contribution in [1.29, 1.82) is 0 Å². The topological polar surface area (TPSA) is 153 Å². The van der Waals surface area contributed by atoms with Crippen LogP contribution in [-0.2, 0) is 6.61 Å². The number of nitrogens with zero attached hydrogens (tertiary/aromatic N) is 6. The van der Waals surface area contributed by atoms with Crippen molar-refractivity contribution in [1.82, 2.24) is 29.9 Å². The third-order valence-corrected chi connectivity index (χ3v) is 10.4. The zero-order valence-corrected chi connectivity index (χ0v) is 34.7. The highest BCUT2D eigenvalue weighted by atomic mass is 16.5. The van der Waals surface area contributed by atoms with E-state index in [0.29, 0.717) is 28.6 Å². The number of hydrogen-bond donors (Lipinski definition) is 1. The second kappa shape index (κ2) is 17.5. The summed E-state index contributed by atoms with van der Waals surface area (Å²) in [5.74, 6) is 2.36. The summed E-state index contributed by atoms with van der Waals surface area (Å²) >= 11 is 0. The standard InChI is InChI=1S/C53H34N6O7/c60-32-33-25-46(65-52-56-48(61-42-21-17-34-9-1-5-13-38(34)27-42)54-49(57-52)62-43-22-18-35-10-2-6-14-39(35)28-43)31-47(26-33)66-53-58-50(63-44-23-19-36-11-3-7-15-40(36)29-44)55-51(59-53)64-45-24-20-37-12-4-8-16-41(37)30-45/h1-31,60H,32H2. The van der Waals surface area contributed by atoms with E-state index >= 15 is 0 Å². The molecule has 0 spiro atoms. The first kappa shape index (κ1) is 39.6. The first-order valence-corrected chi connectivity index (χ1v) is 20.8. The van der Waals surface area contributed by atoms with Gasteiger partial charge in [0.15, 0.2) is 0 Å². The molecule has 1 N–H and O–H groups in total. The zero-order chi connectivity index (χ0) is 44.2. The number of ether oxygens (including phenoxy) is 6. The lowest BCUT2D eigenvalue weighted by molar-refractivity contribution is 0.280. The van der Waals surface area contributed by atoms with E-state index in [2.05, 4.69) is 29.9 Å². The minimum atomic E-state index is -0.360. The van der Waals surface area contributed by atoms with Crippen molar-refractivity contribution < 1.29 is 33.5 Å². The van der Waals surface area contributed by atoms with E-state index in [0.717, 1.165) is 43.1 Å². The van der Waals surface area contributed by atoms with Crippen LogP contribution in [0.5, 0.6) is 70.6 Å². The van der Waals surface area contributed by atoms with Gasteiger partial charge >= 0.3 is 36.1 Å². The van der Waals surface area contributed by atoms with Gasteiger partial charge in [0, 0.05) is 6.07 Å². The van der Waals surface area contributed by atoms with E-state index in [-0.39, 0.29) is 54.2 Å². The number of aromatic nitrogens is 6. The average molecular weight is 867 g/mol. The second-order valence-electron chi connectivity index (χ2n) is 15.0. The van der Waals surface area contributed by atoms with Crippen molar-refractivity contribution in [2.75, 3.05) is 0 Å². The van der Waals surface area contributed by atoms with Crippen LogP contribution in [0.25, 0.3) is 43.1 Å². The van der Waals surface area contributed by atoms with Gasteiger partial charge in [-0.05, 0) is 109 Å². The fourth-order valence-electron chi connectivity index (χ4n) is 7.31. The molecule has 0 saturated carbocycles. The Morgan fingerprint density at radius 1 is 0.258 bits per heavy atom. The van der Waals surface area contributed by atoms with Gasteiger partial charge in [-0.15, -0.1) is 29.9 Å². The van der Waals surface area contributed by atoms with Gasteiger partial charge in [-0.3, -0.25) is 0 Å². The van der Waals surface area contributed by atoms with Gasteiger partial charge < -0.3 is 33.5 Å². The van der Waals surface area contributed by atoms with E-state index in [4.69, 9.17) is 28.4 Å². The van der Waals surface area contributed by atoms with Crippen LogP contribution in [0.1, 0.15) is 5.56 Å². The third-order valence-electron chi connectivity index (χ3n) is 10.4. The molecule has 0 unspecified atom stereocenters. The lowest BCUT2D eigenvalue weighted by Crippen LogP contribution is -2.03. The van der Waals surface area contributed by atoms with Crippen molar-refractivity contribution in [3.05, 3.63) is 194 Å². The van der Waals surface area contributed by atoms with Gasteiger partial charge in [-0.1, -0.05) is 121 Å². The number of hydrogen-bond acceptors (Lipinski definition) is 13. The van der Waals surface area contributed by atoms with Gasteiger partial charge in [0.1, 0.15) is 34.5 Å². The first-order valence-electron chi connectivity index (χ1n) is 20.8. The largest absolute Gasteiger partial charge is 0.424 e. The fraction of sp³-hybridized carbons (Fsp3) is 0.0189. The average Bonchev–Trinajstić information content (AvgIpc) is 3.33. The van der Waals surface area contributed by atoms with Crippen LogP contribution in [0, 0.1) is 0 Å². The molecule has 11 aromatic rings. The van der Waals surface area contributed by atoms with Gasteiger partial charge in [0.2, 0.25) is 0 Å². The molecule has 2 heterocycles. The molecule has 0 aliphatic carbocycles. The molecular formula is C53H34N6O7. The molecule has 9 aromatic carbocycles. The Hall–Kier alpha value is -9.20. The summed E-state index contributed by atoms with van der Waals surface area (Å²) in [5, 5.41) is 18.5. The molecule has 318 valence electrons. The molecule has 0 amide bonds. The second-order valence-corrected chi connectivity index (χ2v) is 15.0. The van der Waals surface area contributed by atoms with E-state index in [1.165, 1.54) is 0 Å². The first-order chi connectivity index (χ1) is 32.5. The number of aliphatic hydroxyl groups excluding tert-OH is 1. The quantitative estimate of drug-likeness (QED) is 0.117. The monoisotopic (exact) mass is 866 g/mol. The molecule has 0 atom stereocenters. The number of benzene rings is 9. The van der Waals surface area contributed by atoms with Crippen LogP contribution >= 0.6 is 0 Å². The van der Waals surface area contributed by atoms with E-state index in [9.17, 15) is 5.11 Å². The predicted octanol–water partition coefficient (Wildman–Crippen LogP) is 12.9. The van der Waals surface area contributed by atoms with Gasteiger partial charge in [0.05, 0.1) is 6.61 Å². The van der Waals surface area contributed by atoms with Crippen molar-refractivity contribution in [2.24, 2.45) is 0 Å². The summed E-state index contributed by atoms with van der Waals surface area (Å²) in [5.41, 5.74) is 0.436. The molecule has 11 rings (SSSR count). The van der Waals surface area contributed by atoms with Crippen LogP contribution in [0.2, 0.25) is 0 Å². The number of rotatable bonds is 13. The summed E-state index contributed by atoms with van der Waals surface area (Å²) in [6, 6.07) is 58.5. The molecule has 0 fully saturated rings. The minimum absolute atomic E-state index is 0.0797. The summed E-state index contributed by atoms with van der Waals surface area (Å²) in [6.07, 6.45) is 0. The molecule has 2 aromatic heterocycles. The normalized spacial score (nSPS) is 11.2. The molecule has 0 saturated heterocycles. The van der Waals surface area contributed by atoms with Crippen LogP contribution in [0.3, 0.4) is 0 Å². The summed E-state index contributed by atoms with van der Waals surface area (Å²) in [7, 11) is 0. The predicted molar refractivity (Wildman–Crippen MR) is 248 cm³/mol. The summed E-state index contributed by atoms with van der Waals surface area (Å²) in [4.78, 5) is 26.9. The zero-order valence-electron chi connectivity index (χ0n) is 34.7. The fourth-order valence-corrected chi connectivity index (χ4v) is 7.31. The van der Waals surface area contributed by atoms with Crippen LogP contribution in [0.4, 0.5) is 0 Å². The molecule has 66 heavy (non-hydrogen) atoms. The Labute approximate surface area is 376 Å². The number of aliphatic hydroxyl groups is 1. The highest BCUT2D eigenvalue weighted by Crippen LogP contribution is 2.35. The Morgan fingerprint density at radius 2 is 0.500 bits per heavy atom. The highest BCUT2D eigenvalue weighted by molar-refractivity contribution is 5.86. The lowest BCUT2D eigenvalue weighted by atomic mass is 10.1. The molecule has 0 radical (unpaired) electrons. The van der Waals surface area contributed by atoms with E-state index in [1.807, 2.05) is 170 Å². The Morgan fingerprint density at radius 3 is 0.758 bits per heavy atom. The van der Waals surface area contributed by atoms with Crippen LogP contribution in [-0.4, -0.2) is 35.0 Å². The maximum atomic E-state index is 10.4. The molecule has 13 nitrogen and oxygen atoms in total. The SMILES string of the molecule is OCc1cc(Oc2nc(Oc3ccc4ccccc4c3)nc(Oc3ccc4ccccc4c3)n2)cc(Oc2nc(Oc3ccc4ccccc4c3)nc(Oc3ccc4ccccc4c3)n2)c1. The van der Waals surface area contributed by atoms with Gasteiger partial charge in [-0.25, -0.2) is 0 Å². The van der Waals surface area contributed by atoms with E-state index < -0.39 is 0 Å². The highest BCUT2D eigenvalue weighted by Gasteiger charge is 2.18. The Balaban J connectivity index is 0.917.